The predicted molar refractivity (Wildman–Crippen MR) is 109 cm³/mol. The molecule has 1 amide bonds. The van der Waals surface area contributed by atoms with E-state index in [2.05, 4.69) is 41.5 Å². The third-order valence-corrected chi connectivity index (χ3v) is 5.35. The fourth-order valence-electron chi connectivity index (χ4n) is 2.95. The summed E-state index contributed by atoms with van der Waals surface area (Å²) in [5, 5.41) is 12.4. The molecule has 1 N–H and O–H groups in total. The highest BCUT2D eigenvalue weighted by Crippen LogP contribution is 2.31. The Bertz CT molecular complexity index is 983. The predicted octanol–water partition coefficient (Wildman–Crippen LogP) is 4.28. The lowest BCUT2D eigenvalue weighted by Crippen LogP contribution is -2.17. The van der Waals surface area contributed by atoms with Crippen LogP contribution in [0.4, 0.5) is 5.13 Å². The largest absolute Gasteiger partial charge is 0.486 e. The van der Waals surface area contributed by atoms with Gasteiger partial charge in [-0.15, -0.1) is 10.2 Å². The van der Waals surface area contributed by atoms with Gasteiger partial charge in [-0.05, 0) is 29.2 Å². The molecular formula is C21H21N3O3S. The van der Waals surface area contributed by atoms with Crippen LogP contribution in [0, 0.1) is 0 Å². The van der Waals surface area contributed by atoms with Gasteiger partial charge in [-0.25, -0.2) is 0 Å². The van der Waals surface area contributed by atoms with Gasteiger partial charge in [0, 0.05) is 5.56 Å². The van der Waals surface area contributed by atoms with Crippen LogP contribution in [-0.4, -0.2) is 29.3 Å². The summed E-state index contributed by atoms with van der Waals surface area (Å²) in [6, 6.07) is 13.8. The second-order valence-corrected chi connectivity index (χ2v) is 7.87. The van der Waals surface area contributed by atoms with E-state index in [-0.39, 0.29) is 12.3 Å². The average molecular weight is 395 g/mol. The Balaban J connectivity index is 1.40. The van der Waals surface area contributed by atoms with E-state index < -0.39 is 0 Å². The number of rotatable bonds is 5. The van der Waals surface area contributed by atoms with Gasteiger partial charge in [0.25, 0.3) is 0 Å². The van der Waals surface area contributed by atoms with Crippen molar-refractivity contribution >= 4 is 22.4 Å². The number of anilines is 1. The van der Waals surface area contributed by atoms with Crippen molar-refractivity contribution in [2.75, 3.05) is 18.5 Å². The maximum Gasteiger partial charge on any atom is 0.230 e. The first kappa shape index (κ1) is 18.4. The van der Waals surface area contributed by atoms with Crippen LogP contribution < -0.4 is 14.8 Å². The number of ether oxygens (including phenoxy) is 2. The molecule has 4 rings (SSSR count). The highest BCUT2D eigenvalue weighted by atomic mass is 32.1. The SMILES string of the molecule is CC(C)c1ccc(-c2nnc(NC(=O)Cc3ccc4c(c3)OCCO4)s2)cc1. The lowest BCUT2D eigenvalue weighted by Gasteiger charge is -2.18. The Morgan fingerprint density at radius 2 is 1.82 bits per heavy atom. The highest BCUT2D eigenvalue weighted by molar-refractivity contribution is 7.18. The van der Waals surface area contributed by atoms with Crippen LogP contribution in [0.25, 0.3) is 10.6 Å². The van der Waals surface area contributed by atoms with Crippen LogP contribution in [0.1, 0.15) is 30.9 Å². The lowest BCUT2D eigenvalue weighted by atomic mass is 10.0. The number of carbonyl (C=O) groups is 1. The second kappa shape index (κ2) is 7.98. The topological polar surface area (TPSA) is 73.3 Å². The molecule has 3 aromatic rings. The zero-order valence-corrected chi connectivity index (χ0v) is 16.6. The van der Waals surface area contributed by atoms with Gasteiger partial charge in [-0.2, -0.15) is 0 Å². The van der Waals surface area contributed by atoms with Crippen molar-refractivity contribution in [1.82, 2.24) is 10.2 Å². The zero-order valence-electron chi connectivity index (χ0n) is 15.8. The van der Waals surface area contributed by atoms with Crippen LogP contribution in [-0.2, 0) is 11.2 Å². The van der Waals surface area contributed by atoms with E-state index >= 15 is 0 Å². The molecular weight excluding hydrogens is 374 g/mol. The first-order chi connectivity index (χ1) is 13.6. The summed E-state index contributed by atoms with van der Waals surface area (Å²) in [6.45, 7) is 5.39. The highest BCUT2D eigenvalue weighted by Gasteiger charge is 2.14. The molecule has 28 heavy (non-hydrogen) atoms. The van der Waals surface area contributed by atoms with E-state index in [0.29, 0.717) is 35.8 Å². The van der Waals surface area contributed by atoms with Crippen molar-refractivity contribution in [3.63, 3.8) is 0 Å². The van der Waals surface area contributed by atoms with E-state index in [4.69, 9.17) is 9.47 Å². The molecule has 7 heteroatoms. The van der Waals surface area contributed by atoms with Crippen molar-refractivity contribution in [1.29, 1.82) is 0 Å². The van der Waals surface area contributed by atoms with Gasteiger partial charge < -0.3 is 14.8 Å². The first-order valence-corrected chi connectivity index (χ1v) is 10.0. The minimum absolute atomic E-state index is 0.144. The molecule has 0 aliphatic carbocycles. The van der Waals surface area contributed by atoms with Crippen molar-refractivity contribution in [2.45, 2.75) is 26.2 Å². The van der Waals surface area contributed by atoms with Crippen LogP contribution in [0.3, 0.4) is 0 Å². The third kappa shape index (κ3) is 4.14. The van der Waals surface area contributed by atoms with Crippen molar-refractivity contribution in [2.24, 2.45) is 0 Å². The van der Waals surface area contributed by atoms with E-state index in [0.717, 1.165) is 16.1 Å². The first-order valence-electron chi connectivity index (χ1n) is 9.21. The second-order valence-electron chi connectivity index (χ2n) is 6.89. The Hall–Kier alpha value is -2.93. The Morgan fingerprint density at radius 1 is 1.07 bits per heavy atom. The van der Waals surface area contributed by atoms with Crippen LogP contribution >= 0.6 is 11.3 Å². The summed E-state index contributed by atoms with van der Waals surface area (Å²) < 4.78 is 11.1. The van der Waals surface area contributed by atoms with Crippen LogP contribution in [0.2, 0.25) is 0 Å². The number of benzene rings is 2. The molecule has 0 unspecified atom stereocenters. The maximum atomic E-state index is 12.4. The number of fused-ring (bicyclic) bond motifs is 1. The summed E-state index contributed by atoms with van der Waals surface area (Å²) in [5.74, 6) is 1.74. The van der Waals surface area contributed by atoms with Gasteiger partial charge in [0.1, 0.15) is 18.2 Å². The smallest absolute Gasteiger partial charge is 0.230 e. The number of nitrogens with zero attached hydrogens (tertiary/aromatic N) is 2. The standard InChI is InChI=1S/C21H21N3O3S/c1-13(2)15-4-6-16(7-5-15)20-23-24-21(28-20)22-19(25)12-14-3-8-17-18(11-14)27-10-9-26-17/h3-8,11,13H,9-10,12H2,1-2H3,(H,22,24,25). The number of aromatic nitrogens is 2. The monoisotopic (exact) mass is 395 g/mol. The van der Waals surface area contributed by atoms with E-state index in [1.807, 2.05) is 30.3 Å². The molecule has 144 valence electrons. The minimum Gasteiger partial charge on any atom is -0.486 e. The van der Waals surface area contributed by atoms with Gasteiger partial charge in [-0.3, -0.25) is 4.79 Å². The molecule has 0 radical (unpaired) electrons. The van der Waals surface area contributed by atoms with Crippen LogP contribution in [0.15, 0.2) is 42.5 Å². The number of hydrogen-bond acceptors (Lipinski definition) is 6. The van der Waals surface area contributed by atoms with Gasteiger partial charge in [-0.1, -0.05) is 55.5 Å². The molecule has 2 heterocycles. The Kier molecular flexibility index (Phi) is 5.25. The molecule has 1 aliphatic heterocycles. The van der Waals surface area contributed by atoms with E-state index in [1.165, 1.54) is 16.9 Å². The van der Waals surface area contributed by atoms with Gasteiger partial charge in [0.2, 0.25) is 11.0 Å². The van der Waals surface area contributed by atoms with Gasteiger partial charge >= 0.3 is 0 Å². The zero-order chi connectivity index (χ0) is 19.5. The molecule has 6 nitrogen and oxygen atoms in total. The quantitative estimate of drug-likeness (QED) is 0.698. The summed E-state index contributed by atoms with van der Waals surface area (Å²) in [5.41, 5.74) is 3.13. The van der Waals surface area contributed by atoms with E-state index in [1.54, 1.807) is 0 Å². The fourth-order valence-corrected chi connectivity index (χ4v) is 3.71. The fraction of sp³-hybridized carbons (Fsp3) is 0.286. The van der Waals surface area contributed by atoms with Crippen LogP contribution in [0.5, 0.6) is 11.5 Å². The summed E-state index contributed by atoms with van der Waals surface area (Å²) >= 11 is 1.36. The average Bonchev–Trinajstić information content (AvgIpc) is 3.16. The molecule has 0 saturated carbocycles. The number of hydrogen-bond donors (Lipinski definition) is 1. The Labute approximate surface area is 167 Å². The molecule has 0 atom stereocenters. The van der Waals surface area contributed by atoms with Crippen molar-refractivity contribution in [3.8, 4) is 22.1 Å². The molecule has 0 saturated heterocycles. The number of carbonyl (C=O) groups excluding carboxylic acids is 1. The van der Waals surface area contributed by atoms with Gasteiger partial charge in [0.15, 0.2) is 11.5 Å². The minimum atomic E-state index is -0.144. The molecule has 2 aromatic carbocycles. The molecule has 1 aromatic heterocycles. The lowest BCUT2D eigenvalue weighted by molar-refractivity contribution is -0.115. The third-order valence-electron chi connectivity index (χ3n) is 4.47. The summed E-state index contributed by atoms with van der Waals surface area (Å²) in [7, 11) is 0. The van der Waals surface area contributed by atoms with E-state index in [9.17, 15) is 4.79 Å². The number of nitrogens with one attached hydrogen (secondary N) is 1. The molecule has 0 bridgehead atoms. The van der Waals surface area contributed by atoms with Crippen molar-refractivity contribution < 1.29 is 14.3 Å². The molecule has 1 aliphatic rings. The summed E-state index contributed by atoms with van der Waals surface area (Å²) in [4.78, 5) is 12.4. The Morgan fingerprint density at radius 3 is 2.57 bits per heavy atom. The van der Waals surface area contributed by atoms with Gasteiger partial charge in [0.05, 0.1) is 6.42 Å². The molecule has 0 fully saturated rings. The molecule has 0 spiro atoms. The van der Waals surface area contributed by atoms with Crippen molar-refractivity contribution in [3.05, 3.63) is 53.6 Å². The summed E-state index contributed by atoms with van der Waals surface area (Å²) in [6.07, 6.45) is 0.231. The normalized spacial score (nSPS) is 12.8. The maximum absolute atomic E-state index is 12.4. The number of amides is 1.